The summed E-state index contributed by atoms with van der Waals surface area (Å²) in [5.74, 6) is 6.42. The summed E-state index contributed by atoms with van der Waals surface area (Å²) < 4.78 is 0. The van der Waals surface area contributed by atoms with Crippen molar-refractivity contribution in [2.45, 2.75) is 54.9 Å². The van der Waals surface area contributed by atoms with Gasteiger partial charge >= 0.3 is 0 Å². The van der Waals surface area contributed by atoms with Crippen molar-refractivity contribution in [2.75, 3.05) is 0 Å². The van der Waals surface area contributed by atoms with E-state index in [-0.39, 0.29) is 0 Å². The Bertz CT molecular complexity index is 592. The summed E-state index contributed by atoms with van der Waals surface area (Å²) in [5.41, 5.74) is 5.96. The quantitative estimate of drug-likeness (QED) is 0.489. The normalized spacial score (nSPS) is 8.50. The van der Waals surface area contributed by atoms with Crippen LogP contribution in [0, 0.1) is 32.6 Å². The lowest BCUT2D eigenvalue weighted by atomic mass is 10.1. The second-order valence-electron chi connectivity index (χ2n) is 5.14. The minimum atomic E-state index is 1.07. The fourth-order valence-corrected chi connectivity index (χ4v) is 1.73. The molecule has 0 heteroatoms. The smallest absolute Gasteiger partial charge is 0.0278 e. The van der Waals surface area contributed by atoms with E-state index in [1.54, 1.807) is 0 Å². The van der Waals surface area contributed by atoms with Gasteiger partial charge in [0.15, 0.2) is 0 Å². The van der Waals surface area contributed by atoms with Gasteiger partial charge < -0.3 is 0 Å². The van der Waals surface area contributed by atoms with Crippen LogP contribution < -0.4 is 0 Å². The van der Waals surface area contributed by atoms with Crippen molar-refractivity contribution in [1.29, 1.82) is 0 Å². The summed E-state index contributed by atoms with van der Waals surface area (Å²) >= 11 is 0. The summed E-state index contributed by atoms with van der Waals surface area (Å²) in [7, 11) is 0. The van der Waals surface area contributed by atoms with Crippen molar-refractivity contribution >= 4 is 0 Å². The lowest BCUT2D eigenvalue weighted by molar-refractivity contribution is 1.09. The molecule has 2 aromatic carbocycles. The van der Waals surface area contributed by atoms with E-state index in [9.17, 15) is 0 Å². The molecule has 0 bridgehead atoms. The molecule has 0 saturated heterocycles. The number of benzene rings is 2. The molecule has 0 radical (unpaired) electrons. The van der Waals surface area contributed by atoms with Crippen molar-refractivity contribution in [1.82, 2.24) is 0 Å². The second-order valence-corrected chi connectivity index (χ2v) is 5.14. The number of aryl methyl sites for hydroxylation is 3. The Morgan fingerprint density at radius 1 is 0.727 bits per heavy atom. The largest absolute Gasteiger partial charge is 0.0683 e. The van der Waals surface area contributed by atoms with Crippen LogP contribution in [0.1, 0.15) is 61.9 Å². The van der Waals surface area contributed by atoms with Gasteiger partial charge in [-0.3, -0.25) is 0 Å². The number of rotatable bonds is 0. The van der Waals surface area contributed by atoms with Crippen molar-refractivity contribution in [3.05, 3.63) is 70.3 Å². The highest BCUT2D eigenvalue weighted by molar-refractivity contribution is 5.47. The van der Waals surface area contributed by atoms with Gasteiger partial charge in [0, 0.05) is 11.1 Å². The topological polar surface area (TPSA) is 0 Å². The molecule has 22 heavy (non-hydrogen) atoms. The molecule has 0 heterocycles. The van der Waals surface area contributed by atoms with Crippen LogP contribution in [0.4, 0.5) is 0 Å². The zero-order valence-electron chi connectivity index (χ0n) is 15.2. The first-order valence-corrected chi connectivity index (χ1v) is 8.22. The van der Waals surface area contributed by atoms with E-state index in [1.165, 1.54) is 23.1 Å². The molecule has 0 aromatic heterocycles. The van der Waals surface area contributed by atoms with Crippen LogP contribution in [0.5, 0.6) is 0 Å². The zero-order chi connectivity index (χ0) is 17.0. The predicted molar refractivity (Wildman–Crippen MR) is 100 cm³/mol. The van der Waals surface area contributed by atoms with Crippen LogP contribution in [-0.2, 0) is 0 Å². The Hall–Kier alpha value is -2.00. The lowest BCUT2D eigenvalue weighted by Crippen LogP contribution is -1.83. The molecule has 118 valence electrons. The third kappa shape index (κ3) is 7.70. The summed E-state index contributed by atoms with van der Waals surface area (Å²) in [5, 5.41) is 0. The van der Waals surface area contributed by atoms with Crippen LogP contribution >= 0.6 is 0 Å². The highest BCUT2D eigenvalue weighted by atomic mass is 14.0. The first kappa shape index (κ1) is 20.0. The monoisotopic (exact) mass is 294 g/mol. The molecule has 0 aliphatic heterocycles. The van der Waals surface area contributed by atoms with Gasteiger partial charge in [-0.05, 0) is 44.5 Å². The van der Waals surface area contributed by atoms with Gasteiger partial charge in [0.1, 0.15) is 0 Å². The fraction of sp³-hybridized carbons (Fsp3) is 0.364. The number of hydrogen-bond donors (Lipinski definition) is 0. The Balaban J connectivity index is 0.000000789. The standard InChI is InChI=1S/C17H16.C3H8.C2H6/c1-13-4-7-16(8-5-13)9-11-17-10-6-14(2)12-15(17)3;1-3-2;1-2/h4-8,10,12H,1-3H3;3H2,1-2H3;1-2H3. The molecular formula is C22H30. The average molecular weight is 294 g/mol. The van der Waals surface area contributed by atoms with Gasteiger partial charge in [0.05, 0.1) is 0 Å². The molecule has 0 aliphatic rings. The van der Waals surface area contributed by atoms with Gasteiger partial charge in [-0.1, -0.05) is 81.3 Å². The first-order valence-electron chi connectivity index (χ1n) is 8.22. The highest BCUT2D eigenvalue weighted by Gasteiger charge is 1.94. The SMILES string of the molecule is CC.CCC.Cc1ccc(C#Cc2ccc(C)cc2C)cc1. The molecule has 0 nitrogen and oxygen atoms in total. The van der Waals surface area contributed by atoms with Gasteiger partial charge in [-0.2, -0.15) is 0 Å². The van der Waals surface area contributed by atoms with E-state index in [4.69, 9.17) is 0 Å². The molecule has 0 atom stereocenters. The Labute approximate surface area is 137 Å². The third-order valence-corrected chi connectivity index (χ3v) is 2.77. The summed E-state index contributed by atoms with van der Waals surface area (Å²) in [6.07, 6.45) is 1.25. The molecule has 2 aromatic rings. The third-order valence-electron chi connectivity index (χ3n) is 2.77. The average Bonchev–Trinajstić information content (AvgIpc) is 2.51. The van der Waals surface area contributed by atoms with E-state index >= 15 is 0 Å². The van der Waals surface area contributed by atoms with Crippen LogP contribution in [0.3, 0.4) is 0 Å². The predicted octanol–water partition coefficient (Wildman–Crippen LogP) is 6.45. The molecular weight excluding hydrogens is 264 g/mol. The minimum absolute atomic E-state index is 1.07. The first-order chi connectivity index (χ1) is 10.6. The van der Waals surface area contributed by atoms with Crippen molar-refractivity contribution in [2.24, 2.45) is 0 Å². The Morgan fingerprint density at radius 3 is 1.73 bits per heavy atom. The van der Waals surface area contributed by atoms with Gasteiger partial charge in [-0.15, -0.1) is 0 Å². The molecule has 0 amide bonds. The molecule has 0 saturated carbocycles. The van der Waals surface area contributed by atoms with Gasteiger partial charge in [-0.25, -0.2) is 0 Å². The maximum Gasteiger partial charge on any atom is 0.0278 e. The van der Waals surface area contributed by atoms with Crippen molar-refractivity contribution < 1.29 is 0 Å². The van der Waals surface area contributed by atoms with E-state index in [0.717, 1.165) is 11.1 Å². The summed E-state index contributed by atoms with van der Waals surface area (Å²) in [6, 6.07) is 14.7. The van der Waals surface area contributed by atoms with Crippen LogP contribution in [0.15, 0.2) is 42.5 Å². The summed E-state index contributed by atoms with van der Waals surface area (Å²) in [4.78, 5) is 0. The second kappa shape index (κ2) is 11.6. The van der Waals surface area contributed by atoms with Crippen LogP contribution in [0.25, 0.3) is 0 Å². The van der Waals surface area contributed by atoms with E-state index < -0.39 is 0 Å². The van der Waals surface area contributed by atoms with Gasteiger partial charge in [0.25, 0.3) is 0 Å². The number of hydrogen-bond acceptors (Lipinski definition) is 0. The maximum absolute atomic E-state index is 3.23. The maximum atomic E-state index is 3.23. The Morgan fingerprint density at radius 2 is 1.23 bits per heavy atom. The molecule has 0 N–H and O–H groups in total. The van der Waals surface area contributed by atoms with Crippen LogP contribution in [0.2, 0.25) is 0 Å². The van der Waals surface area contributed by atoms with Crippen LogP contribution in [-0.4, -0.2) is 0 Å². The van der Waals surface area contributed by atoms with Crippen molar-refractivity contribution in [3.8, 4) is 11.8 Å². The van der Waals surface area contributed by atoms with E-state index in [1.807, 2.05) is 13.8 Å². The molecule has 2 rings (SSSR count). The fourth-order valence-electron chi connectivity index (χ4n) is 1.73. The van der Waals surface area contributed by atoms with Crippen molar-refractivity contribution in [3.63, 3.8) is 0 Å². The lowest BCUT2D eigenvalue weighted by Gasteiger charge is -1.99. The van der Waals surface area contributed by atoms with E-state index in [0.29, 0.717) is 0 Å². The van der Waals surface area contributed by atoms with E-state index in [2.05, 4.69) is 88.9 Å². The zero-order valence-corrected chi connectivity index (χ0v) is 15.2. The molecule has 0 spiro atoms. The molecule has 0 aliphatic carbocycles. The molecule has 0 unspecified atom stereocenters. The minimum Gasteiger partial charge on any atom is -0.0683 e. The Kier molecular flexibility index (Phi) is 10.6. The highest BCUT2D eigenvalue weighted by Crippen LogP contribution is 2.09. The summed E-state index contributed by atoms with van der Waals surface area (Å²) in [6.45, 7) is 14.5. The van der Waals surface area contributed by atoms with Gasteiger partial charge in [0.2, 0.25) is 0 Å². The molecule has 0 fully saturated rings.